The van der Waals surface area contributed by atoms with Gasteiger partial charge in [0.15, 0.2) is 0 Å². The lowest BCUT2D eigenvalue weighted by Gasteiger charge is -2.56. The molecule has 24 heavy (non-hydrogen) atoms. The van der Waals surface area contributed by atoms with E-state index in [2.05, 4.69) is 5.32 Å². The van der Waals surface area contributed by atoms with Gasteiger partial charge in [-0.25, -0.2) is 4.79 Å². The van der Waals surface area contributed by atoms with Crippen LogP contribution in [0.1, 0.15) is 57.8 Å². The predicted molar refractivity (Wildman–Crippen MR) is 90.4 cm³/mol. The molecule has 0 unspecified atom stereocenters. The molecule has 5 aliphatic rings. The lowest BCUT2D eigenvalue weighted by molar-refractivity contribution is -0.130. The maximum atomic E-state index is 12.7. The van der Waals surface area contributed by atoms with Crippen LogP contribution in [0.4, 0.5) is 4.79 Å². The minimum atomic E-state index is -0.256. The molecule has 4 saturated carbocycles. The molecular formula is C19H30N2O3. The first-order valence-corrected chi connectivity index (χ1v) is 9.67. The van der Waals surface area contributed by atoms with Crippen LogP contribution in [0.2, 0.25) is 0 Å². The van der Waals surface area contributed by atoms with E-state index in [4.69, 9.17) is 4.74 Å². The maximum absolute atomic E-state index is 12.7. The number of hydrogen-bond acceptors (Lipinski definition) is 3. The second-order valence-electron chi connectivity index (χ2n) is 8.89. The van der Waals surface area contributed by atoms with E-state index in [1.54, 1.807) is 4.90 Å². The number of nitrogens with zero attached hydrogens (tertiary/aromatic N) is 1. The molecule has 5 heteroatoms. The summed E-state index contributed by atoms with van der Waals surface area (Å²) in [5, 5.41) is 3.25. The third-order valence-electron chi connectivity index (χ3n) is 6.99. The van der Waals surface area contributed by atoms with Crippen LogP contribution < -0.4 is 5.32 Å². The molecule has 5 nitrogen and oxygen atoms in total. The van der Waals surface area contributed by atoms with Gasteiger partial charge in [-0.1, -0.05) is 0 Å². The number of ether oxygens (including phenoxy) is 1. The maximum Gasteiger partial charge on any atom is 0.409 e. The lowest BCUT2D eigenvalue weighted by Crippen LogP contribution is -2.50. The fourth-order valence-electron chi connectivity index (χ4n) is 6.46. The molecule has 134 valence electrons. The van der Waals surface area contributed by atoms with Gasteiger partial charge in [0.1, 0.15) is 0 Å². The Morgan fingerprint density at radius 1 is 1.04 bits per heavy atom. The number of amides is 2. The zero-order valence-corrected chi connectivity index (χ0v) is 14.8. The van der Waals surface area contributed by atoms with E-state index in [1.165, 1.54) is 45.6 Å². The van der Waals surface area contributed by atoms with E-state index in [-0.39, 0.29) is 18.0 Å². The number of methoxy groups -OCH3 is 1. The van der Waals surface area contributed by atoms with Crippen LogP contribution in [0.15, 0.2) is 0 Å². The van der Waals surface area contributed by atoms with Gasteiger partial charge in [-0.05, 0) is 74.5 Å². The van der Waals surface area contributed by atoms with Crippen LogP contribution >= 0.6 is 0 Å². The SMILES string of the molecule is COC(=O)N1CCC(NC(=O)CC23CC4CC(CC(C4)C2)C3)CC1. The fourth-order valence-corrected chi connectivity index (χ4v) is 6.46. The molecule has 1 heterocycles. The van der Waals surface area contributed by atoms with Crippen molar-refractivity contribution in [3.8, 4) is 0 Å². The Bertz CT molecular complexity index is 475. The molecule has 0 atom stereocenters. The number of hydrogen-bond donors (Lipinski definition) is 1. The van der Waals surface area contributed by atoms with Crippen LogP contribution in [0, 0.1) is 23.2 Å². The summed E-state index contributed by atoms with van der Waals surface area (Å²) in [6.07, 6.45) is 10.3. The summed E-state index contributed by atoms with van der Waals surface area (Å²) in [5.41, 5.74) is 0.311. The summed E-state index contributed by atoms with van der Waals surface area (Å²) < 4.78 is 4.76. The first kappa shape index (κ1) is 16.2. The summed E-state index contributed by atoms with van der Waals surface area (Å²) in [7, 11) is 1.42. The number of nitrogens with one attached hydrogen (secondary N) is 1. The van der Waals surface area contributed by atoms with Gasteiger partial charge in [0, 0.05) is 25.6 Å². The average Bonchev–Trinajstić information content (AvgIpc) is 2.53. The number of piperidine rings is 1. The molecule has 0 aromatic rings. The van der Waals surface area contributed by atoms with Gasteiger partial charge < -0.3 is 15.0 Å². The topological polar surface area (TPSA) is 58.6 Å². The van der Waals surface area contributed by atoms with Gasteiger partial charge in [0.25, 0.3) is 0 Å². The van der Waals surface area contributed by atoms with E-state index in [1.807, 2.05) is 0 Å². The van der Waals surface area contributed by atoms with Gasteiger partial charge in [-0.3, -0.25) is 4.79 Å². The second-order valence-corrected chi connectivity index (χ2v) is 8.89. The standard InChI is InChI=1S/C19H30N2O3/c1-24-18(23)21-4-2-16(3-5-21)20-17(22)12-19-9-13-6-14(10-19)8-15(7-13)11-19/h13-16H,2-12H2,1H3,(H,20,22). The summed E-state index contributed by atoms with van der Waals surface area (Å²) >= 11 is 0. The van der Waals surface area contributed by atoms with Gasteiger partial charge in [0.2, 0.25) is 5.91 Å². The van der Waals surface area contributed by atoms with Crippen molar-refractivity contribution in [3.63, 3.8) is 0 Å². The molecule has 4 aliphatic carbocycles. The third kappa shape index (κ3) is 3.14. The minimum absolute atomic E-state index is 0.215. The second kappa shape index (κ2) is 6.23. The minimum Gasteiger partial charge on any atom is -0.453 e. The van der Waals surface area contributed by atoms with Crippen LogP contribution in [0.3, 0.4) is 0 Å². The Morgan fingerprint density at radius 2 is 1.58 bits per heavy atom. The number of carbonyl (C=O) groups is 2. The van der Waals surface area contributed by atoms with Gasteiger partial charge >= 0.3 is 6.09 Å². The first-order valence-electron chi connectivity index (χ1n) is 9.67. The molecule has 0 radical (unpaired) electrons. The molecule has 0 aromatic carbocycles. The highest BCUT2D eigenvalue weighted by atomic mass is 16.5. The summed E-state index contributed by atoms with van der Waals surface area (Å²) in [6, 6.07) is 0.215. The molecular weight excluding hydrogens is 304 g/mol. The number of likely N-dealkylation sites (tertiary alicyclic amines) is 1. The number of carbonyl (C=O) groups excluding carboxylic acids is 2. The van der Waals surface area contributed by atoms with E-state index >= 15 is 0 Å². The van der Waals surface area contributed by atoms with E-state index in [0.29, 0.717) is 18.5 Å². The predicted octanol–water partition coefficient (Wildman–Crippen LogP) is 2.94. The molecule has 0 aromatic heterocycles. The summed E-state index contributed by atoms with van der Waals surface area (Å²) in [6.45, 7) is 1.35. The van der Waals surface area contributed by atoms with Crippen LogP contribution in [-0.2, 0) is 9.53 Å². The van der Waals surface area contributed by atoms with Crippen LogP contribution in [0.25, 0.3) is 0 Å². The Balaban J connectivity index is 1.28. The molecule has 5 rings (SSSR count). The van der Waals surface area contributed by atoms with Crippen molar-refractivity contribution in [1.29, 1.82) is 0 Å². The highest BCUT2D eigenvalue weighted by molar-refractivity contribution is 5.77. The number of rotatable bonds is 3. The highest BCUT2D eigenvalue weighted by Gasteiger charge is 2.51. The average molecular weight is 334 g/mol. The lowest BCUT2D eigenvalue weighted by atomic mass is 9.49. The highest BCUT2D eigenvalue weighted by Crippen LogP contribution is 2.61. The Morgan fingerprint density at radius 3 is 2.08 bits per heavy atom. The summed E-state index contributed by atoms with van der Waals surface area (Å²) in [5.74, 6) is 2.93. The van der Waals surface area contributed by atoms with Crippen molar-refractivity contribution in [2.45, 2.75) is 63.8 Å². The Kier molecular flexibility index (Phi) is 4.21. The van der Waals surface area contributed by atoms with Gasteiger partial charge in [-0.15, -0.1) is 0 Å². The molecule has 0 spiro atoms. The third-order valence-corrected chi connectivity index (χ3v) is 6.99. The molecule has 1 N–H and O–H groups in total. The normalized spacial score (nSPS) is 38.2. The quantitative estimate of drug-likeness (QED) is 0.863. The Hall–Kier alpha value is -1.26. The van der Waals surface area contributed by atoms with E-state index < -0.39 is 0 Å². The molecule has 1 aliphatic heterocycles. The van der Waals surface area contributed by atoms with Gasteiger partial charge in [0.05, 0.1) is 7.11 Å². The van der Waals surface area contributed by atoms with Crippen molar-refractivity contribution in [1.82, 2.24) is 10.2 Å². The van der Waals surface area contributed by atoms with Crippen molar-refractivity contribution < 1.29 is 14.3 Å². The molecule has 5 fully saturated rings. The van der Waals surface area contributed by atoms with E-state index in [9.17, 15) is 9.59 Å². The zero-order valence-electron chi connectivity index (χ0n) is 14.8. The summed E-state index contributed by atoms with van der Waals surface area (Å²) in [4.78, 5) is 25.9. The van der Waals surface area contributed by atoms with Gasteiger partial charge in [-0.2, -0.15) is 0 Å². The fraction of sp³-hybridized carbons (Fsp3) is 0.895. The van der Waals surface area contributed by atoms with Crippen LogP contribution in [-0.4, -0.2) is 43.1 Å². The van der Waals surface area contributed by atoms with Crippen LogP contribution in [0.5, 0.6) is 0 Å². The van der Waals surface area contributed by atoms with E-state index in [0.717, 1.165) is 37.0 Å². The molecule has 1 saturated heterocycles. The largest absolute Gasteiger partial charge is 0.453 e. The molecule has 2 amide bonds. The molecule has 4 bridgehead atoms. The van der Waals surface area contributed by atoms with Crippen molar-refractivity contribution >= 4 is 12.0 Å². The Labute approximate surface area is 144 Å². The first-order chi connectivity index (χ1) is 11.5. The van der Waals surface area contributed by atoms with Crippen molar-refractivity contribution in [2.24, 2.45) is 23.2 Å². The monoisotopic (exact) mass is 334 g/mol. The van der Waals surface area contributed by atoms with Crippen molar-refractivity contribution in [3.05, 3.63) is 0 Å². The van der Waals surface area contributed by atoms with Crippen molar-refractivity contribution in [2.75, 3.05) is 20.2 Å². The smallest absolute Gasteiger partial charge is 0.409 e. The zero-order chi connectivity index (χ0) is 16.7.